The third kappa shape index (κ3) is 3.42. The van der Waals surface area contributed by atoms with Crippen LogP contribution in [0.1, 0.15) is 15.9 Å². The molecule has 0 radical (unpaired) electrons. The minimum atomic E-state index is -1.49. The molecule has 0 aliphatic rings. The Bertz CT molecular complexity index is 701. The van der Waals surface area contributed by atoms with Gasteiger partial charge in [-0.25, -0.2) is 13.6 Å². The summed E-state index contributed by atoms with van der Waals surface area (Å²) >= 11 is 0. The van der Waals surface area contributed by atoms with Crippen molar-refractivity contribution < 1.29 is 23.5 Å². The van der Waals surface area contributed by atoms with Gasteiger partial charge in [0.25, 0.3) is 0 Å². The molecule has 0 atom stereocenters. The number of rotatable bonds is 4. The van der Waals surface area contributed by atoms with Crippen molar-refractivity contribution in [3.63, 3.8) is 0 Å². The quantitative estimate of drug-likeness (QED) is 0.910. The molecule has 4 nitrogen and oxygen atoms in total. The standard InChI is InChI=1S/C15H11F2NO3/c16-10-5-2-1-4-9(10)8-13(19)18-12-7-3-6-11(17)14(12)15(20)21/h1-7H,8H2,(H,18,19)(H,20,21). The third-order valence-electron chi connectivity index (χ3n) is 2.81. The second kappa shape index (κ2) is 6.13. The maximum absolute atomic E-state index is 13.5. The molecule has 108 valence electrons. The predicted molar refractivity (Wildman–Crippen MR) is 72.1 cm³/mol. The van der Waals surface area contributed by atoms with Gasteiger partial charge in [0, 0.05) is 0 Å². The number of carbonyl (C=O) groups excluding carboxylic acids is 1. The van der Waals surface area contributed by atoms with Crippen LogP contribution in [0.3, 0.4) is 0 Å². The van der Waals surface area contributed by atoms with Gasteiger partial charge in [0.2, 0.25) is 5.91 Å². The lowest BCUT2D eigenvalue weighted by molar-refractivity contribution is -0.115. The molecule has 0 bridgehead atoms. The lowest BCUT2D eigenvalue weighted by Gasteiger charge is -2.09. The van der Waals surface area contributed by atoms with Gasteiger partial charge in [-0.3, -0.25) is 4.79 Å². The van der Waals surface area contributed by atoms with Gasteiger partial charge in [0.05, 0.1) is 12.1 Å². The summed E-state index contributed by atoms with van der Waals surface area (Å²) < 4.78 is 26.9. The highest BCUT2D eigenvalue weighted by molar-refractivity contribution is 6.01. The summed E-state index contributed by atoms with van der Waals surface area (Å²) in [7, 11) is 0. The van der Waals surface area contributed by atoms with Crippen molar-refractivity contribution in [3.05, 3.63) is 65.2 Å². The van der Waals surface area contributed by atoms with Crippen LogP contribution in [0.2, 0.25) is 0 Å². The summed E-state index contributed by atoms with van der Waals surface area (Å²) in [5, 5.41) is 11.2. The molecule has 1 amide bonds. The number of halogens is 2. The average molecular weight is 291 g/mol. The summed E-state index contributed by atoms with van der Waals surface area (Å²) in [6.45, 7) is 0. The van der Waals surface area contributed by atoms with Crippen molar-refractivity contribution in [3.8, 4) is 0 Å². The molecule has 0 spiro atoms. The van der Waals surface area contributed by atoms with Crippen LogP contribution in [-0.4, -0.2) is 17.0 Å². The molecule has 2 N–H and O–H groups in total. The summed E-state index contributed by atoms with van der Waals surface area (Å²) in [6.07, 6.45) is -0.276. The van der Waals surface area contributed by atoms with E-state index in [9.17, 15) is 18.4 Å². The first-order valence-corrected chi connectivity index (χ1v) is 6.04. The fraction of sp³-hybridized carbons (Fsp3) is 0.0667. The molecule has 2 rings (SSSR count). The summed E-state index contributed by atoms with van der Waals surface area (Å²) in [6, 6.07) is 9.26. The molecule has 0 aromatic heterocycles. The number of hydrogen-bond donors (Lipinski definition) is 2. The summed E-state index contributed by atoms with van der Waals surface area (Å²) in [5.41, 5.74) is -0.619. The first-order chi connectivity index (χ1) is 9.99. The fourth-order valence-electron chi connectivity index (χ4n) is 1.85. The van der Waals surface area contributed by atoms with Crippen LogP contribution in [0.4, 0.5) is 14.5 Å². The number of nitrogens with one attached hydrogen (secondary N) is 1. The van der Waals surface area contributed by atoms with Crippen LogP contribution in [0, 0.1) is 11.6 Å². The normalized spacial score (nSPS) is 10.2. The zero-order chi connectivity index (χ0) is 15.4. The average Bonchev–Trinajstić information content (AvgIpc) is 2.41. The summed E-state index contributed by atoms with van der Waals surface area (Å²) in [5.74, 6) is -3.61. The molecule has 0 saturated heterocycles. The van der Waals surface area contributed by atoms with Gasteiger partial charge in [-0.15, -0.1) is 0 Å². The molecule has 2 aromatic carbocycles. The number of carboxylic acids is 1. The van der Waals surface area contributed by atoms with Gasteiger partial charge in [0.1, 0.15) is 17.2 Å². The number of carbonyl (C=O) groups is 2. The minimum absolute atomic E-state index is 0.163. The van der Waals surface area contributed by atoms with E-state index in [-0.39, 0.29) is 17.7 Å². The van der Waals surface area contributed by atoms with Crippen LogP contribution < -0.4 is 5.32 Å². The van der Waals surface area contributed by atoms with Gasteiger partial charge in [-0.1, -0.05) is 24.3 Å². The SMILES string of the molecule is O=C(Cc1ccccc1F)Nc1cccc(F)c1C(=O)O. The van der Waals surface area contributed by atoms with Gasteiger partial charge in [-0.2, -0.15) is 0 Å². The van der Waals surface area contributed by atoms with E-state index in [0.29, 0.717) is 0 Å². The van der Waals surface area contributed by atoms with Crippen molar-refractivity contribution in [2.75, 3.05) is 5.32 Å². The summed E-state index contributed by atoms with van der Waals surface area (Å²) in [4.78, 5) is 22.8. The van der Waals surface area contributed by atoms with Gasteiger partial charge < -0.3 is 10.4 Å². The molecule has 0 unspecified atom stereocenters. The van der Waals surface area contributed by atoms with Crippen molar-refractivity contribution >= 4 is 17.6 Å². The van der Waals surface area contributed by atoms with E-state index in [1.54, 1.807) is 6.07 Å². The van der Waals surface area contributed by atoms with Crippen molar-refractivity contribution in [1.82, 2.24) is 0 Å². The highest BCUT2D eigenvalue weighted by atomic mass is 19.1. The number of hydrogen-bond acceptors (Lipinski definition) is 2. The molecule has 2 aromatic rings. The molecule has 0 saturated carbocycles. The highest BCUT2D eigenvalue weighted by Crippen LogP contribution is 2.19. The Kier molecular flexibility index (Phi) is 4.27. The van der Waals surface area contributed by atoms with Crippen LogP contribution >= 0.6 is 0 Å². The van der Waals surface area contributed by atoms with Crippen LogP contribution in [-0.2, 0) is 11.2 Å². The predicted octanol–water partition coefficient (Wildman–Crippen LogP) is 2.84. The van der Waals surface area contributed by atoms with Gasteiger partial charge in [-0.05, 0) is 23.8 Å². The number of amides is 1. The Balaban J connectivity index is 2.19. The maximum atomic E-state index is 13.5. The van der Waals surface area contributed by atoms with Crippen molar-refractivity contribution in [1.29, 1.82) is 0 Å². The Morgan fingerprint density at radius 1 is 1.00 bits per heavy atom. The van der Waals surface area contributed by atoms with Crippen LogP contribution in [0.25, 0.3) is 0 Å². The minimum Gasteiger partial charge on any atom is -0.478 e. The number of anilines is 1. The Labute approximate surface area is 119 Å². The zero-order valence-electron chi connectivity index (χ0n) is 10.8. The molecule has 6 heteroatoms. The molecule has 0 heterocycles. The van der Waals surface area contributed by atoms with E-state index in [2.05, 4.69) is 5.32 Å². The lowest BCUT2D eigenvalue weighted by Crippen LogP contribution is -2.18. The second-order valence-electron chi connectivity index (χ2n) is 4.28. The van der Waals surface area contributed by atoms with E-state index in [4.69, 9.17) is 5.11 Å². The number of benzene rings is 2. The fourth-order valence-corrected chi connectivity index (χ4v) is 1.85. The largest absolute Gasteiger partial charge is 0.478 e. The van der Waals surface area contributed by atoms with Gasteiger partial charge >= 0.3 is 5.97 Å². The van der Waals surface area contributed by atoms with Crippen molar-refractivity contribution in [2.24, 2.45) is 0 Å². The maximum Gasteiger partial charge on any atom is 0.340 e. The highest BCUT2D eigenvalue weighted by Gasteiger charge is 2.17. The molecule has 0 aliphatic heterocycles. The van der Waals surface area contributed by atoms with E-state index in [0.717, 1.165) is 6.07 Å². The second-order valence-corrected chi connectivity index (χ2v) is 4.28. The monoisotopic (exact) mass is 291 g/mol. The smallest absolute Gasteiger partial charge is 0.340 e. The van der Waals surface area contributed by atoms with Crippen LogP contribution in [0.5, 0.6) is 0 Å². The van der Waals surface area contributed by atoms with E-state index < -0.39 is 29.1 Å². The van der Waals surface area contributed by atoms with Crippen LogP contribution in [0.15, 0.2) is 42.5 Å². The van der Waals surface area contributed by atoms with E-state index in [1.807, 2.05) is 0 Å². The first-order valence-electron chi connectivity index (χ1n) is 6.04. The number of carboxylic acid groups (broad SMARTS) is 1. The molecule has 21 heavy (non-hydrogen) atoms. The molecule has 0 fully saturated rings. The molecular formula is C15H11F2NO3. The van der Waals surface area contributed by atoms with E-state index in [1.165, 1.54) is 30.3 Å². The zero-order valence-corrected chi connectivity index (χ0v) is 10.8. The lowest BCUT2D eigenvalue weighted by atomic mass is 10.1. The topological polar surface area (TPSA) is 66.4 Å². The molecule has 0 aliphatic carbocycles. The Morgan fingerprint density at radius 3 is 2.33 bits per heavy atom. The van der Waals surface area contributed by atoms with E-state index >= 15 is 0 Å². The third-order valence-corrected chi connectivity index (χ3v) is 2.81. The first kappa shape index (κ1) is 14.6. The Morgan fingerprint density at radius 2 is 1.67 bits per heavy atom. The molecular weight excluding hydrogens is 280 g/mol. The Hall–Kier alpha value is -2.76. The van der Waals surface area contributed by atoms with Gasteiger partial charge in [0.15, 0.2) is 0 Å². The number of aromatic carboxylic acids is 1. The van der Waals surface area contributed by atoms with Crippen molar-refractivity contribution in [2.45, 2.75) is 6.42 Å².